The molecule has 2 aromatic rings. The van der Waals surface area contributed by atoms with Crippen molar-refractivity contribution in [3.05, 3.63) is 40.9 Å². The van der Waals surface area contributed by atoms with Crippen LogP contribution in [0.2, 0.25) is 10.0 Å². The van der Waals surface area contributed by atoms with Crippen LogP contribution in [0, 0.1) is 0 Å². The first kappa shape index (κ1) is 12.9. The zero-order valence-corrected chi connectivity index (χ0v) is 11.0. The Labute approximate surface area is 114 Å². The molecule has 0 fully saturated rings. The van der Waals surface area contributed by atoms with Gasteiger partial charge in [0, 0.05) is 5.69 Å². The van der Waals surface area contributed by atoms with E-state index in [1.54, 1.807) is 25.1 Å². The van der Waals surface area contributed by atoms with E-state index in [4.69, 9.17) is 23.2 Å². The second-order valence-corrected chi connectivity index (χ2v) is 4.48. The smallest absolute Gasteiger partial charge is 0.249 e. The monoisotopic (exact) mass is 284 g/mol. The minimum Gasteiger partial charge on any atom is -0.324 e. The van der Waals surface area contributed by atoms with Crippen LogP contribution in [0.4, 0.5) is 5.69 Å². The van der Waals surface area contributed by atoms with Gasteiger partial charge < -0.3 is 5.32 Å². The summed E-state index contributed by atoms with van der Waals surface area (Å²) in [5.41, 5.74) is 0.585. The summed E-state index contributed by atoms with van der Waals surface area (Å²) >= 11 is 11.7. The average molecular weight is 285 g/mol. The molecule has 1 atom stereocenters. The quantitative estimate of drug-likeness (QED) is 0.943. The molecule has 0 saturated carbocycles. The largest absolute Gasteiger partial charge is 0.324 e. The van der Waals surface area contributed by atoms with Gasteiger partial charge in [0.1, 0.15) is 18.7 Å². The number of anilines is 1. The van der Waals surface area contributed by atoms with Gasteiger partial charge in [-0.25, -0.2) is 9.67 Å². The van der Waals surface area contributed by atoms with E-state index >= 15 is 0 Å². The molecular formula is C11H10Cl2N4O. The topological polar surface area (TPSA) is 59.8 Å². The normalized spacial score (nSPS) is 12.2. The molecule has 0 spiro atoms. The number of halogens is 2. The molecule has 1 N–H and O–H groups in total. The van der Waals surface area contributed by atoms with Gasteiger partial charge in [0.15, 0.2) is 0 Å². The first-order valence-corrected chi connectivity index (χ1v) is 5.93. The SMILES string of the molecule is CC(C(=O)Nc1ccc(Cl)c(Cl)c1)n1cncn1. The summed E-state index contributed by atoms with van der Waals surface area (Å²) in [6.45, 7) is 1.72. The lowest BCUT2D eigenvalue weighted by atomic mass is 10.2. The van der Waals surface area contributed by atoms with E-state index in [1.165, 1.54) is 17.3 Å². The molecule has 0 aliphatic carbocycles. The first-order valence-electron chi connectivity index (χ1n) is 5.18. The Morgan fingerprint density at radius 2 is 2.17 bits per heavy atom. The Hall–Kier alpha value is -1.59. The molecule has 2 rings (SSSR count). The van der Waals surface area contributed by atoms with Gasteiger partial charge in [0.2, 0.25) is 5.91 Å². The number of hydrogen-bond donors (Lipinski definition) is 1. The summed E-state index contributed by atoms with van der Waals surface area (Å²) in [6, 6.07) is 4.44. The number of carbonyl (C=O) groups is 1. The minimum atomic E-state index is -0.457. The number of carbonyl (C=O) groups excluding carboxylic acids is 1. The number of aromatic nitrogens is 3. The maximum atomic E-state index is 11.9. The van der Waals surface area contributed by atoms with Crippen molar-refractivity contribution in [1.29, 1.82) is 0 Å². The van der Waals surface area contributed by atoms with Crippen molar-refractivity contribution in [3.63, 3.8) is 0 Å². The van der Waals surface area contributed by atoms with Crippen LogP contribution in [-0.4, -0.2) is 20.7 Å². The fourth-order valence-corrected chi connectivity index (χ4v) is 1.66. The van der Waals surface area contributed by atoms with Crippen molar-refractivity contribution >= 4 is 34.8 Å². The third-order valence-electron chi connectivity index (χ3n) is 2.40. The highest BCUT2D eigenvalue weighted by Gasteiger charge is 2.15. The molecule has 0 bridgehead atoms. The summed E-state index contributed by atoms with van der Waals surface area (Å²) in [5, 5.41) is 7.47. The highest BCUT2D eigenvalue weighted by molar-refractivity contribution is 6.42. The number of nitrogens with zero attached hydrogens (tertiary/aromatic N) is 3. The molecule has 1 aromatic carbocycles. The number of nitrogens with one attached hydrogen (secondary N) is 1. The lowest BCUT2D eigenvalue weighted by Crippen LogP contribution is -2.24. The highest BCUT2D eigenvalue weighted by Crippen LogP contribution is 2.25. The summed E-state index contributed by atoms with van der Waals surface area (Å²) in [5.74, 6) is -0.209. The van der Waals surface area contributed by atoms with Crippen molar-refractivity contribution in [1.82, 2.24) is 14.8 Å². The van der Waals surface area contributed by atoms with E-state index in [9.17, 15) is 4.79 Å². The van der Waals surface area contributed by atoms with Crippen molar-refractivity contribution in [2.24, 2.45) is 0 Å². The summed E-state index contributed by atoms with van der Waals surface area (Å²) < 4.78 is 1.47. The molecule has 7 heteroatoms. The third kappa shape index (κ3) is 2.80. The molecule has 18 heavy (non-hydrogen) atoms. The van der Waals surface area contributed by atoms with Gasteiger partial charge in [-0.3, -0.25) is 4.79 Å². The van der Waals surface area contributed by atoms with Gasteiger partial charge in [-0.1, -0.05) is 23.2 Å². The predicted molar refractivity (Wildman–Crippen MR) is 69.8 cm³/mol. The van der Waals surface area contributed by atoms with Crippen molar-refractivity contribution in [3.8, 4) is 0 Å². The standard InChI is InChI=1S/C11H10Cl2N4O/c1-7(17-6-14-5-15-17)11(18)16-8-2-3-9(12)10(13)4-8/h2-7H,1H3,(H,16,18). The van der Waals surface area contributed by atoms with E-state index in [0.29, 0.717) is 15.7 Å². The van der Waals surface area contributed by atoms with Crippen LogP contribution in [0.15, 0.2) is 30.9 Å². The van der Waals surface area contributed by atoms with Crippen LogP contribution in [0.5, 0.6) is 0 Å². The maximum Gasteiger partial charge on any atom is 0.249 e. The van der Waals surface area contributed by atoms with Crippen molar-refractivity contribution < 1.29 is 4.79 Å². The molecule has 1 aromatic heterocycles. The molecule has 1 unspecified atom stereocenters. The molecule has 1 amide bonds. The fraction of sp³-hybridized carbons (Fsp3) is 0.182. The van der Waals surface area contributed by atoms with Gasteiger partial charge in [0.25, 0.3) is 0 Å². The first-order chi connectivity index (χ1) is 8.58. The van der Waals surface area contributed by atoms with Crippen LogP contribution in [0.25, 0.3) is 0 Å². The minimum absolute atomic E-state index is 0.209. The van der Waals surface area contributed by atoms with Crippen molar-refractivity contribution in [2.75, 3.05) is 5.32 Å². The molecule has 0 aliphatic heterocycles. The molecular weight excluding hydrogens is 275 g/mol. The maximum absolute atomic E-state index is 11.9. The Bertz CT molecular complexity index is 556. The number of hydrogen-bond acceptors (Lipinski definition) is 3. The van der Waals surface area contributed by atoms with Crippen LogP contribution in [0.3, 0.4) is 0 Å². The molecule has 94 valence electrons. The Morgan fingerprint density at radius 3 is 2.78 bits per heavy atom. The van der Waals surface area contributed by atoms with E-state index in [0.717, 1.165) is 0 Å². The Balaban J connectivity index is 2.09. The second kappa shape index (κ2) is 5.37. The van der Waals surface area contributed by atoms with Crippen LogP contribution in [0.1, 0.15) is 13.0 Å². The average Bonchev–Trinajstić information content (AvgIpc) is 2.86. The Morgan fingerprint density at radius 1 is 1.39 bits per heavy atom. The third-order valence-corrected chi connectivity index (χ3v) is 3.14. The lowest BCUT2D eigenvalue weighted by Gasteiger charge is -2.12. The lowest BCUT2D eigenvalue weighted by molar-refractivity contribution is -0.119. The highest BCUT2D eigenvalue weighted by atomic mass is 35.5. The van der Waals surface area contributed by atoms with Crippen LogP contribution in [-0.2, 0) is 4.79 Å². The molecule has 5 nitrogen and oxygen atoms in total. The van der Waals surface area contributed by atoms with E-state index < -0.39 is 6.04 Å². The van der Waals surface area contributed by atoms with Gasteiger partial charge in [0.05, 0.1) is 10.0 Å². The van der Waals surface area contributed by atoms with Crippen molar-refractivity contribution in [2.45, 2.75) is 13.0 Å². The predicted octanol–water partition coefficient (Wildman–Crippen LogP) is 2.78. The molecule has 0 saturated heterocycles. The van der Waals surface area contributed by atoms with Gasteiger partial charge in [-0.05, 0) is 25.1 Å². The van der Waals surface area contributed by atoms with E-state index in [1.807, 2.05) is 0 Å². The van der Waals surface area contributed by atoms with E-state index in [2.05, 4.69) is 15.4 Å². The van der Waals surface area contributed by atoms with Crippen LogP contribution < -0.4 is 5.32 Å². The number of amides is 1. The summed E-state index contributed by atoms with van der Waals surface area (Å²) in [7, 11) is 0. The Kier molecular flexibility index (Phi) is 3.84. The zero-order chi connectivity index (χ0) is 13.1. The summed E-state index contributed by atoms with van der Waals surface area (Å²) in [4.78, 5) is 15.7. The van der Waals surface area contributed by atoms with E-state index in [-0.39, 0.29) is 5.91 Å². The number of rotatable bonds is 3. The molecule has 0 radical (unpaired) electrons. The molecule has 1 heterocycles. The number of benzene rings is 1. The zero-order valence-electron chi connectivity index (χ0n) is 9.47. The molecule has 0 aliphatic rings. The van der Waals surface area contributed by atoms with Gasteiger partial charge in [-0.2, -0.15) is 5.10 Å². The summed E-state index contributed by atoms with van der Waals surface area (Å²) in [6.07, 6.45) is 2.86. The fourth-order valence-electron chi connectivity index (χ4n) is 1.36. The van der Waals surface area contributed by atoms with Gasteiger partial charge in [-0.15, -0.1) is 0 Å². The van der Waals surface area contributed by atoms with Gasteiger partial charge >= 0.3 is 0 Å². The van der Waals surface area contributed by atoms with Crippen LogP contribution >= 0.6 is 23.2 Å². The second-order valence-electron chi connectivity index (χ2n) is 3.67.